The van der Waals surface area contributed by atoms with Gasteiger partial charge in [0.2, 0.25) is 29.5 Å². The number of ketones is 1. The third kappa shape index (κ3) is 21.1. The summed E-state index contributed by atoms with van der Waals surface area (Å²) in [4.78, 5) is 117. The lowest BCUT2D eigenvalue weighted by atomic mass is 9.79. The second kappa shape index (κ2) is 33.5. The van der Waals surface area contributed by atoms with E-state index in [2.05, 4.69) is 29.8 Å². The fourth-order valence-corrected chi connectivity index (χ4v) is 15.6. The fourth-order valence-electron chi connectivity index (χ4n) is 12.5. The predicted molar refractivity (Wildman–Crippen MR) is 355 cm³/mol. The molecule has 0 unspecified atom stereocenters. The Hall–Kier alpha value is -5.38. The van der Waals surface area contributed by atoms with E-state index in [0.29, 0.717) is 57.0 Å². The van der Waals surface area contributed by atoms with Gasteiger partial charge >= 0.3 is 12.2 Å². The molecule has 2 aromatic rings. The molecule has 0 radical (unpaired) electrons. The Morgan fingerprint density at radius 3 is 1.40 bits per heavy atom. The highest BCUT2D eigenvalue weighted by Gasteiger charge is 2.56. The molecule has 0 bridgehead atoms. The highest BCUT2D eigenvalue weighted by molar-refractivity contribution is 8.00. The lowest BCUT2D eigenvalue weighted by Crippen LogP contribution is -2.58. The van der Waals surface area contributed by atoms with E-state index >= 15 is 0 Å². The van der Waals surface area contributed by atoms with Gasteiger partial charge in [0.1, 0.15) is 41.4 Å². The first-order valence-corrected chi connectivity index (χ1v) is 35.0. The number of hydrogen-bond acceptors (Lipinski definition) is 14. The quantitative estimate of drug-likeness (QED) is 0.0619. The van der Waals surface area contributed by atoms with E-state index in [1.54, 1.807) is 88.7 Å². The number of carbonyl (C=O) groups excluding carboxylic acids is 8. The number of nitrogens with zero attached hydrogens (tertiary/aromatic N) is 4. The Kier molecular flexibility index (Phi) is 27.4. The van der Waals surface area contributed by atoms with Crippen molar-refractivity contribution in [2.75, 3.05) is 52.0 Å². The average molecular weight is 1290 g/mol. The SMILES string of the molecule is C[C@@H](C(=O)N[C@H]1CCS[C@H]2CC(C)(C)[C@@H](C(=O)C[C@H](COCCCCCCCCCCCCOC[C@@H](NC(=O)[C@H]3N4C(=O)[C@@H](NC(=O)[C@H](C)N(C)C(=O)OC(C)(C)C)CCS[C@H]4CC3(C)C)c3ccccc3)c3ccccc3)N2C1=O)N(C)C(=O)OC(C)(C)C. The van der Waals surface area contributed by atoms with Gasteiger partial charge in [0, 0.05) is 39.6 Å². The van der Waals surface area contributed by atoms with Crippen LogP contribution in [0.3, 0.4) is 0 Å². The van der Waals surface area contributed by atoms with Crippen LogP contribution in [0, 0.1) is 10.8 Å². The molecule has 3 N–H and O–H groups in total. The van der Waals surface area contributed by atoms with Gasteiger partial charge in [0.25, 0.3) is 0 Å². The maximum atomic E-state index is 14.7. The normalized spacial score (nSPS) is 22.8. The zero-order valence-electron chi connectivity index (χ0n) is 56.4. The third-order valence-electron chi connectivity index (χ3n) is 17.7. The zero-order valence-corrected chi connectivity index (χ0v) is 58.0. The number of thioether (sulfide) groups is 2. The Balaban J connectivity index is 0.887. The van der Waals surface area contributed by atoms with Crippen molar-refractivity contribution in [2.24, 2.45) is 10.8 Å². The van der Waals surface area contributed by atoms with Crippen LogP contribution in [0.2, 0.25) is 0 Å². The number of Topliss-reactive ketones (excluding diaryl/α,β-unsaturated/α-hetero) is 1. The first kappa shape index (κ1) is 73.7. The predicted octanol–water partition coefficient (Wildman–Crippen LogP) is 11.2. The molecule has 4 aliphatic rings. The monoisotopic (exact) mass is 1290 g/mol. The molecule has 0 aromatic heterocycles. The number of rotatable bonds is 30. The Morgan fingerprint density at radius 2 is 0.967 bits per heavy atom. The second-order valence-electron chi connectivity index (χ2n) is 28.5. The molecule has 0 aliphatic carbocycles. The Morgan fingerprint density at radius 1 is 0.578 bits per heavy atom. The molecule has 502 valence electrons. The van der Waals surface area contributed by atoms with E-state index in [0.717, 1.165) is 62.5 Å². The minimum atomic E-state index is -0.897. The van der Waals surface area contributed by atoms with Gasteiger partial charge in [-0.3, -0.25) is 38.6 Å². The summed E-state index contributed by atoms with van der Waals surface area (Å²) in [6.07, 6.45) is 11.8. The molecule has 10 atom stereocenters. The van der Waals surface area contributed by atoms with Gasteiger partial charge in [-0.15, -0.1) is 23.5 Å². The van der Waals surface area contributed by atoms with Crippen molar-refractivity contribution in [3.63, 3.8) is 0 Å². The summed E-state index contributed by atoms with van der Waals surface area (Å²) < 4.78 is 23.5. The van der Waals surface area contributed by atoms with Crippen molar-refractivity contribution in [2.45, 2.75) is 250 Å². The summed E-state index contributed by atoms with van der Waals surface area (Å²) >= 11 is 3.28. The van der Waals surface area contributed by atoms with Crippen LogP contribution in [-0.2, 0) is 47.7 Å². The Labute approximate surface area is 545 Å². The van der Waals surface area contributed by atoms with E-state index in [4.69, 9.17) is 18.9 Å². The molecule has 4 heterocycles. The molecule has 4 saturated heterocycles. The zero-order chi connectivity index (χ0) is 66.1. The van der Waals surface area contributed by atoms with E-state index < -0.39 is 88.3 Å². The number of ether oxygens (including phenoxy) is 4. The maximum Gasteiger partial charge on any atom is 0.410 e. The summed E-state index contributed by atoms with van der Waals surface area (Å²) in [5.41, 5.74) is -0.581. The number of unbranched alkanes of at least 4 members (excludes halogenated alkanes) is 9. The molecule has 90 heavy (non-hydrogen) atoms. The van der Waals surface area contributed by atoms with Gasteiger partial charge in [-0.25, -0.2) is 9.59 Å². The van der Waals surface area contributed by atoms with Gasteiger partial charge in [-0.1, -0.05) is 140 Å². The molecule has 19 nitrogen and oxygen atoms in total. The second-order valence-corrected chi connectivity index (χ2v) is 31.1. The highest BCUT2D eigenvalue weighted by Crippen LogP contribution is 2.48. The number of amides is 7. The van der Waals surface area contributed by atoms with Crippen LogP contribution in [0.4, 0.5) is 9.59 Å². The van der Waals surface area contributed by atoms with Crippen molar-refractivity contribution in [1.82, 2.24) is 35.6 Å². The van der Waals surface area contributed by atoms with Gasteiger partial charge in [0.05, 0.1) is 36.0 Å². The lowest BCUT2D eigenvalue weighted by molar-refractivity contribution is -0.144. The highest BCUT2D eigenvalue weighted by atomic mass is 32.2. The minimum absolute atomic E-state index is 0.0144. The number of fused-ring (bicyclic) bond motifs is 2. The van der Waals surface area contributed by atoms with Crippen molar-refractivity contribution in [3.8, 4) is 0 Å². The minimum Gasteiger partial charge on any atom is -0.444 e. The average Bonchev–Trinajstić information content (AvgIpc) is 1.61. The standard InChI is InChI=1S/C69H107N7O12S2/c1-46(73(13)64(83)87-66(3,4)5)59(78)70-51-35-39-89-55-42-68(9,10)57(75(55)62(51)81)54(77)41-50(48-31-25-23-26-32-48)44-85-37-29-21-19-17-15-16-18-20-22-30-38-86-45-53(49-33-27-24-28-34-49)72-61(80)58-69(11,12)43-56-76(58)63(82)52(36-40-90-56)71-60(79)47(2)74(14)65(84)88-67(6,7)8/h23-28,31-34,46-47,50-53,55-58H,15-22,29-30,35-45H2,1-14H3,(H,70,78)(H,71,79)(H,72,80)/t46-,47-,50+,51-,52-,53+,55-,56-,57+,58+/m0/s1. The summed E-state index contributed by atoms with van der Waals surface area (Å²) in [5.74, 6) is -0.721. The van der Waals surface area contributed by atoms with Crippen LogP contribution in [-0.4, -0.2) is 177 Å². The fraction of sp³-hybridized carbons (Fsp3) is 0.710. The topological polar surface area (TPSA) is 223 Å². The Bertz CT molecular complexity index is 2520. The smallest absolute Gasteiger partial charge is 0.410 e. The van der Waals surface area contributed by atoms with E-state index in [9.17, 15) is 38.4 Å². The van der Waals surface area contributed by atoms with Crippen molar-refractivity contribution in [1.29, 1.82) is 0 Å². The first-order chi connectivity index (χ1) is 42.4. The van der Waals surface area contributed by atoms with Gasteiger partial charge in [0.15, 0.2) is 5.78 Å². The lowest BCUT2D eigenvalue weighted by Gasteiger charge is -2.35. The molecule has 7 amide bonds. The van der Waals surface area contributed by atoms with Crippen LogP contribution in [0.5, 0.6) is 0 Å². The van der Waals surface area contributed by atoms with Crippen LogP contribution < -0.4 is 16.0 Å². The molecule has 21 heteroatoms. The first-order valence-electron chi connectivity index (χ1n) is 32.9. The number of nitrogens with one attached hydrogen (secondary N) is 3. The number of carbonyl (C=O) groups is 8. The van der Waals surface area contributed by atoms with Gasteiger partial charge in [-0.05, 0) is 127 Å². The summed E-state index contributed by atoms with van der Waals surface area (Å²) in [6, 6.07) is 14.4. The molecule has 4 fully saturated rings. The van der Waals surface area contributed by atoms with E-state index in [1.165, 1.54) is 36.7 Å². The molecule has 0 saturated carbocycles. The number of benzene rings is 2. The number of likely N-dealkylation sites (N-methyl/N-ethyl adjacent to an activating group) is 2. The van der Waals surface area contributed by atoms with Crippen LogP contribution in [0.1, 0.15) is 202 Å². The van der Waals surface area contributed by atoms with Crippen LogP contribution in [0.25, 0.3) is 0 Å². The summed E-state index contributed by atoms with van der Waals surface area (Å²) in [6.45, 7) is 23.7. The molecule has 6 rings (SSSR count). The molecule has 2 aromatic carbocycles. The van der Waals surface area contributed by atoms with Gasteiger partial charge in [-0.2, -0.15) is 0 Å². The molecule has 4 aliphatic heterocycles. The van der Waals surface area contributed by atoms with Crippen LogP contribution in [0.15, 0.2) is 60.7 Å². The summed E-state index contributed by atoms with van der Waals surface area (Å²) in [5, 5.41) is 8.67. The molecular formula is C69H107N7O12S2. The maximum absolute atomic E-state index is 14.7. The number of hydrogen-bond donors (Lipinski definition) is 3. The third-order valence-corrected chi connectivity index (χ3v) is 20.2. The van der Waals surface area contributed by atoms with Crippen LogP contribution >= 0.6 is 23.5 Å². The van der Waals surface area contributed by atoms with Crippen molar-refractivity contribution < 1.29 is 57.3 Å². The molecule has 0 spiro atoms. The van der Waals surface area contributed by atoms with Crippen molar-refractivity contribution in [3.05, 3.63) is 71.8 Å². The molecular weight excluding hydrogens is 1180 g/mol. The van der Waals surface area contributed by atoms with Crippen molar-refractivity contribution >= 4 is 71.0 Å². The van der Waals surface area contributed by atoms with Gasteiger partial charge < -0.3 is 44.7 Å². The largest absolute Gasteiger partial charge is 0.444 e. The summed E-state index contributed by atoms with van der Waals surface area (Å²) in [7, 11) is 3.00. The van der Waals surface area contributed by atoms with E-state index in [-0.39, 0.29) is 53.2 Å². The van der Waals surface area contributed by atoms with E-state index in [1.807, 2.05) is 74.5 Å².